The van der Waals surface area contributed by atoms with Crippen LogP contribution >= 0.6 is 0 Å². The number of hydrogen-bond donors (Lipinski definition) is 0. The van der Waals surface area contributed by atoms with Crippen molar-refractivity contribution in [2.24, 2.45) is 0 Å². The first-order chi connectivity index (χ1) is 18.7. The fourth-order valence-corrected chi connectivity index (χ4v) is 4.98. The number of hydrogen-bond acceptors (Lipinski definition) is 5. The number of aryl methyl sites for hydroxylation is 1. The highest BCUT2D eigenvalue weighted by atomic mass is 19.4. The highest BCUT2D eigenvalue weighted by molar-refractivity contribution is 5.84. The summed E-state index contributed by atoms with van der Waals surface area (Å²) < 4.78 is 48.8. The standard InChI is InChI=1S/C27H23F3N6O3/c1-17-5-4-7-22-25(17)36(18-8-9-20(31-13-18)19-14-32-35-10-3-2-6-21(19)35)26(38)34(22)16-24(37)33-11-12-39-23(15-33)27(28,29)30/h2-10,13-14,23H,11-12,15-16H2,1H3/t23-/m1/s1. The molecular weight excluding hydrogens is 513 g/mol. The van der Waals surface area contributed by atoms with Gasteiger partial charge in [0.05, 0.1) is 53.5 Å². The van der Waals surface area contributed by atoms with E-state index in [-0.39, 0.29) is 13.2 Å². The number of ether oxygens (including phenoxy) is 1. The normalized spacial score (nSPS) is 16.3. The molecule has 200 valence electrons. The summed E-state index contributed by atoms with van der Waals surface area (Å²) in [7, 11) is 0. The average molecular weight is 537 g/mol. The van der Waals surface area contributed by atoms with E-state index in [2.05, 4.69) is 10.1 Å². The molecule has 1 aliphatic rings. The van der Waals surface area contributed by atoms with Crippen LogP contribution in [0.4, 0.5) is 13.2 Å². The van der Waals surface area contributed by atoms with Crippen molar-refractivity contribution in [1.82, 2.24) is 28.6 Å². The number of alkyl halides is 3. The van der Waals surface area contributed by atoms with Crippen molar-refractivity contribution in [3.05, 3.63) is 83.2 Å². The Balaban J connectivity index is 1.36. The maximum absolute atomic E-state index is 13.7. The quantitative estimate of drug-likeness (QED) is 0.351. The largest absolute Gasteiger partial charge is 0.416 e. The Hall–Kier alpha value is -4.45. The van der Waals surface area contributed by atoms with Crippen molar-refractivity contribution in [2.45, 2.75) is 25.7 Å². The molecule has 0 bridgehead atoms. The van der Waals surface area contributed by atoms with Gasteiger partial charge in [-0.3, -0.25) is 18.9 Å². The van der Waals surface area contributed by atoms with Gasteiger partial charge in [-0.2, -0.15) is 18.3 Å². The monoisotopic (exact) mass is 536 g/mol. The summed E-state index contributed by atoms with van der Waals surface area (Å²) >= 11 is 0. The topological polar surface area (TPSA) is 86.7 Å². The van der Waals surface area contributed by atoms with Gasteiger partial charge in [-0.1, -0.05) is 18.2 Å². The molecule has 0 aliphatic carbocycles. The zero-order valence-electron chi connectivity index (χ0n) is 20.8. The molecule has 0 spiro atoms. The third-order valence-electron chi connectivity index (χ3n) is 6.94. The second kappa shape index (κ2) is 9.38. The van der Waals surface area contributed by atoms with E-state index >= 15 is 0 Å². The van der Waals surface area contributed by atoms with Crippen molar-refractivity contribution in [3.8, 4) is 16.9 Å². The van der Waals surface area contributed by atoms with Gasteiger partial charge in [0.15, 0.2) is 6.10 Å². The van der Waals surface area contributed by atoms with Crippen molar-refractivity contribution >= 4 is 22.5 Å². The number of halogens is 3. The summed E-state index contributed by atoms with van der Waals surface area (Å²) in [6, 6.07) is 14.6. The number of benzene rings is 1. The lowest BCUT2D eigenvalue weighted by atomic mass is 10.1. The fraction of sp³-hybridized carbons (Fsp3) is 0.259. The molecule has 0 radical (unpaired) electrons. The number of amides is 1. The van der Waals surface area contributed by atoms with E-state index in [0.717, 1.165) is 21.5 Å². The van der Waals surface area contributed by atoms with Crippen LogP contribution < -0.4 is 5.69 Å². The SMILES string of the molecule is Cc1cccc2c1n(-c1ccc(-c3cnn4ccccc34)nc1)c(=O)n2CC(=O)N1CCO[C@@H](C(F)(F)F)C1. The number of morpholine rings is 1. The first-order valence-electron chi connectivity index (χ1n) is 12.3. The average Bonchev–Trinajstić information content (AvgIpc) is 3.48. The predicted octanol–water partition coefficient (Wildman–Crippen LogP) is 3.60. The van der Waals surface area contributed by atoms with E-state index in [1.807, 2.05) is 37.4 Å². The Morgan fingerprint density at radius 3 is 2.67 bits per heavy atom. The highest BCUT2D eigenvalue weighted by Gasteiger charge is 2.44. The Morgan fingerprint density at radius 1 is 1.08 bits per heavy atom. The van der Waals surface area contributed by atoms with Gasteiger partial charge in [0, 0.05) is 18.3 Å². The van der Waals surface area contributed by atoms with E-state index in [4.69, 9.17) is 4.74 Å². The van der Waals surface area contributed by atoms with Crippen LogP contribution in [-0.4, -0.2) is 66.5 Å². The molecule has 1 saturated heterocycles. The first-order valence-corrected chi connectivity index (χ1v) is 12.3. The molecule has 0 unspecified atom stereocenters. The maximum Gasteiger partial charge on any atom is 0.416 e. The Labute approximate surface area is 219 Å². The van der Waals surface area contributed by atoms with Crippen molar-refractivity contribution in [2.75, 3.05) is 19.7 Å². The minimum Gasteiger partial charge on any atom is -0.365 e. The van der Waals surface area contributed by atoms with Crippen LogP contribution in [0.15, 0.2) is 71.9 Å². The Bertz CT molecular complexity index is 1750. The zero-order valence-corrected chi connectivity index (χ0v) is 20.8. The number of imidazole rings is 1. The molecule has 5 heterocycles. The minimum atomic E-state index is -4.58. The second-order valence-corrected chi connectivity index (χ2v) is 9.38. The van der Waals surface area contributed by atoms with Crippen LogP contribution in [0.1, 0.15) is 5.56 Å². The number of pyridine rings is 2. The van der Waals surface area contributed by atoms with Crippen LogP contribution in [0.3, 0.4) is 0 Å². The van der Waals surface area contributed by atoms with E-state index < -0.39 is 37.0 Å². The lowest BCUT2D eigenvalue weighted by Gasteiger charge is -2.33. The van der Waals surface area contributed by atoms with E-state index in [9.17, 15) is 22.8 Å². The summed E-state index contributed by atoms with van der Waals surface area (Å²) in [6.45, 7) is 0.637. The van der Waals surface area contributed by atoms with Crippen molar-refractivity contribution in [1.29, 1.82) is 0 Å². The minimum absolute atomic E-state index is 0.0206. The van der Waals surface area contributed by atoms with Gasteiger partial charge < -0.3 is 9.64 Å². The summed E-state index contributed by atoms with van der Waals surface area (Å²) in [4.78, 5) is 32.4. The number of nitrogens with zero attached hydrogens (tertiary/aromatic N) is 6. The Kier molecular flexibility index (Phi) is 5.98. The van der Waals surface area contributed by atoms with E-state index in [0.29, 0.717) is 22.4 Å². The van der Waals surface area contributed by atoms with Crippen LogP contribution in [0.25, 0.3) is 33.5 Å². The third kappa shape index (κ3) is 4.36. The molecule has 5 aromatic rings. The molecule has 1 aliphatic heterocycles. The molecule has 39 heavy (non-hydrogen) atoms. The zero-order chi connectivity index (χ0) is 27.3. The number of aromatic nitrogens is 5. The summed E-state index contributed by atoms with van der Waals surface area (Å²) in [5, 5.41) is 4.34. The molecular formula is C27H23F3N6O3. The molecule has 12 heteroatoms. The Morgan fingerprint density at radius 2 is 1.90 bits per heavy atom. The number of carbonyl (C=O) groups excluding carboxylic acids is 1. The number of fused-ring (bicyclic) bond motifs is 2. The summed E-state index contributed by atoms with van der Waals surface area (Å²) in [6.07, 6.45) is -1.48. The molecule has 1 atom stereocenters. The van der Waals surface area contributed by atoms with Gasteiger partial charge in [-0.05, 0) is 42.8 Å². The van der Waals surface area contributed by atoms with Gasteiger partial charge in [0.1, 0.15) is 6.54 Å². The van der Waals surface area contributed by atoms with Gasteiger partial charge in [-0.25, -0.2) is 9.31 Å². The molecule has 4 aromatic heterocycles. The fourth-order valence-electron chi connectivity index (χ4n) is 4.98. The first kappa shape index (κ1) is 24.9. The van der Waals surface area contributed by atoms with Crippen molar-refractivity contribution in [3.63, 3.8) is 0 Å². The maximum atomic E-state index is 13.7. The van der Waals surface area contributed by atoms with Gasteiger partial charge >= 0.3 is 11.9 Å². The predicted molar refractivity (Wildman–Crippen MR) is 137 cm³/mol. The van der Waals surface area contributed by atoms with E-state index in [1.54, 1.807) is 41.2 Å². The van der Waals surface area contributed by atoms with Crippen LogP contribution in [0.5, 0.6) is 0 Å². The van der Waals surface area contributed by atoms with Gasteiger partial charge in [-0.15, -0.1) is 0 Å². The molecule has 1 amide bonds. The van der Waals surface area contributed by atoms with Crippen LogP contribution in [0.2, 0.25) is 0 Å². The van der Waals surface area contributed by atoms with Crippen molar-refractivity contribution < 1.29 is 22.7 Å². The lowest BCUT2D eigenvalue weighted by molar-refractivity contribution is -0.236. The molecule has 6 rings (SSSR count). The molecule has 9 nitrogen and oxygen atoms in total. The highest BCUT2D eigenvalue weighted by Crippen LogP contribution is 2.27. The third-order valence-corrected chi connectivity index (χ3v) is 6.94. The molecule has 0 N–H and O–H groups in total. The number of carbonyl (C=O) groups is 1. The molecule has 0 saturated carbocycles. The lowest BCUT2D eigenvalue weighted by Crippen LogP contribution is -2.52. The number of para-hydroxylation sites is 1. The van der Waals surface area contributed by atoms with Gasteiger partial charge in [0.25, 0.3) is 0 Å². The van der Waals surface area contributed by atoms with Gasteiger partial charge in [0.2, 0.25) is 5.91 Å². The number of rotatable bonds is 4. The van der Waals surface area contributed by atoms with E-state index in [1.165, 1.54) is 9.13 Å². The summed E-state index contributed by atoms with van der Waals surface area (Å²) in [5.41, 5.74) is 4.30. The molecule has 1 fully saturated rings. The second-order valence-electron chi connectivity index (χ2n) is 9.38. The smallest absolute Gasteiger partial charge is 0.365 e. The molecule has 1 aromatic carbocycles. The van der Waals surface area contributed by atoms with Crippen LogP contribution in [0, 0.1) is 6.92 Å². The van der Waals surface area contributed by atoms with Crippen LogP contribution in [-0.2, 0) is 16.1 Å². The summed E-state index contributed by atoms with van der Waals surface area (Å²) in [5.74, 6) is -0.586.